The number of carbonyl (C=O) groups is 2. The highest BCUT2D eigenvalue weighted by Gasteiger charge is 2.28. The molecule has 0 spiro atoms. The number of carbonyl (C=O) groups excluding carboxylic acids is 2. The monoisotopic (exact) mass is 308 g/mol. The molecule has 0 heterocycles. The van der Waals surface area contributed by atoms with Crippen LogP contribution < -0.4 is 0 Å². The van der Waals surface area contributed by atoms with Gasteiger partial charge in [-0.1, -0.05) is 5.92 Å². The molecule has 1 fully saturated rings. The van der Waals surface area contributed by atoms with Crippen molar-refractivity contribution in [3.05, 3.63) is 0 Å². The molecule has 1 rings (SSSR count). The first-order valence-electron chi connectivity index (χ1n) is 7.79. The van der Waals surface area contributed by atoms with Gasteiger partial charge >= 0.3 is 6.09 Å². The van der Waals surface area contributed by atoms with E-state index in [-0.39, 0.29) is 24.0 Å². The van der Waals surface area contributed by atoms with Crippen molar-refractivity contribution in [3.63, 3.8) is 0 Å². The third kappa shape index (κ3) is 5.97. The third-order valence-corrected chi connectivity index (χ3v) is 3.72. The van der Waals surface area contributed by atoms with Gasteiger partial charge in [0.05, 0.1) is 0 Å². The van der Waals surface area contributed by atoms with E-state index in [0.29, 0.717) is 0 Å². The fourth-order valence-corrected chi connectivity index (χ4v) is 2.37. The van der Waals surface area contributed by atoms with Crippen molar-refractivity contribution in [1.29, 1.82) is 0 Å². The lowest BCUT2D eigenvalue weighted by atomic mass is 9.86. The highest BCUT2D eigenvalue weighted by molar-refractivity contribution is 5.93. The van der Waals surface area contributed by atoms with Crippen molar-refractivity contribution in [2.45, 2.75) is 58.1 Å². The minimum absolute atomic E-state index is 0.159. The molecule has 0 atom stereocenters. The summed E-state index contributed by atoms with van der Waals surface area (Å²) < 4.78 is 5.39. The van der Waals surface area contributed by atoms with Crippen LogP contribution in [0.4, 0.5) is 4.79 Å². The Morgan fingerprint density at radius 1 is 1.05 bits per heavy atom. The summed E-state index contributed by atoms with van der Waals surface area (Å²) in [5.74, 6) is 5.82. The molecular formula is C17H28N2O3. The van der Waals surface area contributed by atoms with E-state index in [1.165, 1.54) is 4.90 Å². The highest BCUT2D eigenvalue weighted by Crippen LogP contribution is 2.27. The fraction of sp³-hybridized carbons (Fsp3) is 0.765. The summed E-state index contributed by atoms with van der Waals surface area (Å²) in [6.07, 6.45) is 3.33. The Balaban J connectivity index is 2.48. The van der Waals surface area contributed by atoms with Crippen LogP contribution in [-0.2, 0) is 9.53 Å². The molecule has 0 bridgehead atoms. The Bertz CT molecular complexity index is 461. The molecule has 0 N–H and O–H groups in total. The van der Waals surface area contributed by atoms with Crippen LogP contribution >= 0.6 is 0 Å². The zero-order valence-corrected chi connectivity index (χ0v) is 14.6. The van der Waals surface area contributed by atoms with E-state index in [4.69, 9.17) is 4.74 Å². The van der Waals surface area contributed by atoms with Gasteiger partial charge < -0.3 is 14.5 Å². The second-order valence-electron chi connectivity index (χ2n) is 7.07. The quantitative estimate of drug-likeness (QED) is 0.699. The maximum absolute atomic E-state index is 12.1. The first kappa shape index (κ1) is 18.3. The average molecular weight is 308 g/mol. The lowest BCUT2D eigenvalue weighted by Gasteiger charge is -2.34. The molecule has 5 heteroatoms. The fourth-order valence-electron chi connectivity index (χ4n) is 2.37. The predicted octanol–water partition coefficient (Wildman–Crippen LogP) is 2.50. The zero-order valence-electron chi connectivity index (χ0n) is 14.6. The summed E-state index contributed by atoms with van der Waals surface area (Å²) in [4.78, 5) is 26.7. The Hall–Kier alpha value is -1.70. The number of ether oxygens (including phenoxy) is 1. The van der Waals surface area contributed by atoms with E-state index in [1.54, 1.807) is 26.0 Å². The molecule has 0 aromatic rings. The van der Waals surface area contributed by atoms with Gasteiger partial charge in [-0.25, -0.2) is 4.79 Å². The summed E-state index contributed by atoms with van der Waals surface area (Å²) in [5.41, 5.74) is -0.472. The molecule has 0 aliphatic heterocycles. The van der Waals surface area contributed by atoms with Crippen LogP contribution in [0.3, 0.4) is 0 Å². The molecule has 0 radical (unpaired) electrons. The van der Waals surface area contributed by atoms with E-state index in [1.807, 2.05) is 20.8 Å². The van der Waals surface area contributed by atoms with Gasteiger partial charge in [-0.3, -0.25) is 4.79 Å². The van der Waals surface area contributed by atoms with Crippen LogP contribution in [-0.4, -0.2) is 54.6 Å². The lowest BCUT2D eigenvalue weighted by molar-refractivity contribution is -0.122. The zero-order chi connectivity index (χ0) is 16.9. The number of amides is 2. The van der Waals surface area contributed by atoms with Gasteiger partial charge in [0.1, 0.15) is 5.60 Å². The third-order valence-electron chi connectivity index (χ3n) is 3.72. The Kier molecular flexibility index (Phi) is 6.28. The van der Waals surface area contributed by atoms with Gasteiger partial charge in [-0.15, -0.1) is 0 Å². The molecular weight excluding hydrogens is 280 g/mol. The van der Waals surface area contributed by atoms with Crippen molar-refractivity contribution >= 4 is 12.0 Å². The molecule has 1 saturated carbocycles. The number of rotatable bonds is 1. The second kappa shape index (κ2) is 7.53. The predicted molar refractivity (Wildman–Crippen MR) is 86.2 cm³/mol. The molecule has 22 heavy (non-hydrogen) atoms. The summed E-state index contributed by atoms with van der Waals surface area (Å²) >= 11 is 0. The maximum atomic E-state index is 12.1. The Morgan fingerprint density at radius 3 is 2.05 bits per heavy atom. The normalized spacial score (nSPS) is 21.4. The molecule has 5 nitrogen and oxygen atoms in total. The summed E-state index contributed by atoms with van der Waals surface area (Å²) in [6, 6.07) is 0.192. The van der Waals surface area contributed by atoms with Gasteiger partial charge in [-0.05, 0) is 52.4 Å². The van der Waals surface area contributed by atoms with Crippen LogP contribution in [0, 0.1) is 17.8 Å². The molecule has 0 saturated heterocycles. The van der Waals surface area contributed by atoms with Gasteiger partial charge in [0, 0.05) is 33.1 Å². The van der Waals surface area contributed by atoms with Gasteiger partial charge in [0.15, 0.2) is 0 Å². The van der Waals surface area contributed by atoms with Crippen LogP contribution in [0.2, 0.25) is 0 Å². The van der Waals surface area contributed by atoms with E-state index < -0.39 is 5.60 Å². The Morgan fingerprint density at radius 2 is 1.59 bits per heavy atom. The smallest absolute Gasteiger partial charge is 0.410 e. The lowest BCUT2D eigenvalue weighted by Crippen LogP contribution is -2.42. The standard InChI is InChI=1S/C17H28N2O3/c1-17(2,3)22-16(21)19(6)14-10-7-13(8-11-14)9-12-15(20)18(4)5/h13-14H,7-8,10-11H2,1-6H3/t13-,14-. The van der Waals surface area contributed by atoms with E-state index >= 15 is 0 Å². The molecule has 1 aliphatic carbocycles. The van der Waals surface area contributed by atoms with E-state index in [2.05, 4.69) is 11.8 Å². The molecule has 2 amide bonds. The first-order valence-corrected chi connectivity index (χ1v) is 7.79. The Labute approximate surface area is 134 Å². The van der Waals surface area contributed by atoms with E-state index in [9.17, 15) is 9.59 Å². The van der Waals surface area contributed by atoms with Gasteiger partial charge in [-0.2, -0.15) is 0 Å². The summed E-state index contributed by atoms with van der Waals surface area (Å²) in [7, 11) is 5.19. The summed E-state index contributed by atoms with van der Waals surface area (Å²) in [5, 5.41) is 0. The van der Waals surface area contributed by atoms with Crippen molar-refractivity contribution in [2.75, 3.05) is 21.1 Å². The minimum Gasteiger partial charge on any atom is -0.444 e. The number of hydrogen-bond donors (Lipinski definition) is 0. The number of nitrogens with zero attached hydrogens (tertiary/aromatic N) is 2. The van der Waals surface area contributed by atoms with Crippen molar-refractivity contribution in [1.82, 2.24) is 9.80 Å². The SMILES string of the molecule is CN(C)C(=O)C#C[C@H]1CC[C@H](N(C)C(=O)OC(C)(C)C)CC1. The van der Waals surface area contributed by atoms with Gasteiger partial charge in [0.25, 0.3) is 5.91 Å². The van der Waals surface area contributed by atoms with Crippen molar-refractivity contribution in [2.24, 2.45) is 5.92 Å². The first-order chi connectivity index (χ1) is 10.1. The molecule has 1 aliphatic rings. The largest absolute Gasteiger partial charge is 0.444 e. The van der Waals surface area contributed by atoms with Crippen molar-refractivity contribution < 1.29 is 14.3 Å². The minimum atomic E-state index is -0.472. The second-order valence-corrected chi connectivity index (χ2v) is 7.07. The van der Waals surface area contributed by atoms with Crippen LogP contribution in [0.5, 0.6) is 0 Å². The molecule has 0 aromatic heterocycles. The topological polar surface area (TPSA) is 49.9 Å². The van der Waals surface area contributed by atoms with Crippen LogP contribution in [0.25, 0.3) is 0 Å². The number of hydrogen-bond acceptors (Lipinski definition) is 3. The van der Waals surface area contributed by atoms with E-state index in [0.717, 1.165) is 25.7 Å². The molecule has 124 valence electrons. The summed E-state index contributed by atoms with van der Waals surface area (Å²) in [6.45, 7) is 5.60. The maximum Gasteiger partial charge on any atom is 0.410 e. The van der Waals surface area contributed by atoms with Crippen LogP contribution in [0.1, 0.15) is 46.5 Å². The molecule has 0 unspecified atom stereocenters. The highest BCUT2D eigenvalue weighted by atomic mass is 16.6. The van der Waals surface area contributed by atoms with Crippen molar-refractivity contribution in [3.8, 4) is 11.8 Å². The average Bonchev–Trinajstić information content (AvgIpc) is 2.42. The molecule has 0 aromatic carbocycles. The van der Waals surface area contributed by atoms with Gasteiger partial charge in [0.2, 0.25) is 0 Å². The van der Waals surface area contributed by atoms with Crippen LogP contribution in [0.15, 0.2) is 0 Å².